The number of hydrogen-bond donors (Lipinski definition) is 3. The smallest absolute Gasteiger partial charge is 0.224 e. The van der Waals surface area contributed by atoms with Crippen molar-refractivity contribution < 1.29 is 0 Å². The standard InChI is InChI=1S/C32H30N6S3/c1-32(36-14-11-29(33-36)26-8-2-5-23(17-26)20-39,37-15-12-30(34-37)27-9-3-6-24(18-27)21-40)38-16-13-31(35-38)28-10-4-7-25(19-28)22-41/h2-19,39-41H,20-22H2,1H3. The van der Waals surface area contributed by atoms with Gasteiger partial charge in [-0.15, -0.1) is 0 Å². The van der Waals surface area contributed by atoms with Gasteiger partial charge in [0, 0.05) is 59.5 Å². The third-order valence-corrected chi connectivity index (χ3v) is 8.38. The molecule has 0 aliphatic heterocycles. The Morgan fingerprint density at radius 3 is 1.12 bits per heavy atom. The topological polar surface area (TPSA) is 53.5 Å². The lowest BCUT2D eigenvalue weighted by molar-refractivity contribution is 0.142. The number of benzene rings is 3. The third-order valence-electron chi connectivity index (χ3n) is 7.29. The highest BCUT2D eigenvalue weighted by molar-refractivity contribution is 7.79. The van der Waals surface area contributed by atoms with Gasteiger partial charge in [-0.2, -0.15) is 53.2 Å². The number of nitrogens with zero attached hydrogens (tertiary/aromatic N) is 6. The minimum absolute atomic E-state index is 0.668. The summed E-state index contributed by atoms with van der Waals surface area (Å²) < 4.78 is 5.74. The van der Waals surface area contributed by atoms with E-state index in [1.165, 1.54) is 0 Å². The fraction of sp³-hybridized carbons (Fsp3) is 0.156. The van der Waals surface area contributed by atoms with Crippen LogP contribution in [-0.4, -0.2) is 29.3 Å². The van der Waals surface area contributed by atoms with Crippen molar-refractivity contribution in [1.82, 2.24) is 29.3 Å². The zero-order chi connectivity index (χ0) is 28.4. The summed E-state index contributed by atoms with van der Waals surface area (Å²) in [6, 6.07) is 31.0. The molecule has 206 valence electrons. The first kappa shape index (κ1) is 27.5. The van der Waals surface area contributed by atoms with Crippen LogP contribution >= 0.6 is 37.9 Å². The molecule has 0 fully saturated rings. The minimum atomic E-state index is -0.918. The molecule has 3 heterocycles. The second-order valence-corrected chi connectivity index (χ2v) is 10.9. The van der Waals surface area contributed by atoms with E-state index in [1.54, 1.807) is 0 Å². The van der Waals surface area contributed by atoms with Crippen LogP contribution in [0.1, 0.15) is 23.6 Å². The molecule has 0 N–H and O–H groups in total. The molecule has 6 nitrogen and oxygen atoms in total. The molecule has 0 saturated heterocycles. The van der Waals surface area contributed by atoms with Crippen LogP contribution < -0.4 is 0 Å². The highest BCUT2D eigenvalue weighted by atomic mass is 32.1. The van der Waals surface area contributed by atoms with Crippen molar-refractivity contribution in [3.63, 3.8) is 0 Å². The molecular formula is C32H30N6S3. The predicted octanol–water partition coefficient (Wildman–Crippen LogP) is 7.29. The van der Waals surface area contributed by atoms with Gasteiger partial charge in [-0.1, -0.05) is 54.6 Å². The first-order chi connectivity index (χ1) is 20.0. The monoisotopic (exact) mass is 594 g/mol. The zero-order valence-corrected chi connectivity index (χ0v) is 25.2. The van der Waals surface area contributed by atoms with Crippen molar-refractivity contribution in [1.29, 1.82) is 0 Å². The van der Waals surface area contributed by atoms with E-state index in [2.05, 4.69) is 99.4 Å². The normalized spacial score (nSPS) is 11.7. The molecule has 0 aliphatic rings. The summed E-state index contributed by atoms with van der Waals surface area (Å²) in [6.45, 7) is 2.07. The Hall–Kier alpha value is -3.66. The molecule has 0 saturated carbocycles. The molecule has 0 atom stereocenters. The van der Waals surface area contributed by atoms with E-state index >= 15 is 0 Å². The van der Waals surface area contributed by atoms with E-state index in [4.69, 9.17) is 15.3 Å². The van der Waals surface area contributed by atoms with Crippen LogP contribution in [0.15, 0.2) is 110 Å². The van der Waals surface area contributed by atoms with Crippen LogP contribution in [0.25, 0.3) is 33.8 Å². The van der Waals surface area contributed by atoms with Gasteiger partial charge in [0.15, 0.2) is 0 Å². The predicted molar refractivity (Wildman–Crippen MR) is 176 cm³/mol. The molecule has 6 rings (SSSR count). The van der Waals surface area contributed by atoms with Crippen LogP contribution in [0.2, 0.25) is 0 Å². The SMILES string of the molecule is CC(n1ccc(-c2cccc(CS)c2)n1)(n1ccc(-c2cccc(CS)c2)n1)n1ccc(-c2cccc(CS)c2)n1. The number of rotatable bonds is 9. The van der Waals surface area contributed by atoms with E-state index in [9.17, 15) is 0 Å². The molecule has 0 radical (unpaired) electrons. The minimum Gasteiger partial charge on any atom is -0.224 e. The largest absolute Gasteiger partial charge is 0.245 e. The van der Waals surface area contributed by atoms with E-state index in [-0.39, 0.29) is 0 Å². The summed E-state index contributed by atoms with van der Waals surface area (Å²) in [5, 5.41) is 15.1. The maximum atomic E-state index is 5.05. The van der Waals surface area contributed by atoms with E-state index in [0.717, 1.165) is 50.5 Å². The van der Waals surface area contributed by atoms with Gasteiger partial charge < -0.3 is 0 Å². The molecule has 0 amide bonds. The van der Waals surface area contributed by atoms with E-state index in [1.807, 2.05) is 69.0 Å². The number of thiol groups is 3. The third kappa shape index (κ3) is 5.37. The Morgan fingerprint density at radius 1 is 0.512 bits per heavy atom. The summed E-state index contributed by atoms with van der Waals surface area (Å²) in [4.78, 5) is 0. The summed E-state index contributed by atoms with van der Waals surface area (Å²) in [5.74, 6) is 1.09. The molecule has 9 heteroatoms. The molecule has 0 bridgehead atoms. The van der Waals surface area contributed by atoms with Gasteiger partial charge in [0.2, 0.25) is 5.79 Å². The molecule has 41 heavy (non-hydrogen) atoms. The van der Waals surface area contributed by atoms with Crippen molar-refractivity contribution in [2.45, 2.75) is 30.0 Å². The molecule has 3 aromatic heterocycles. The lowest BCUT2D eigenvalue weighted by Crippen LogP contribution is -2.46. The van der Waals surface area contributed by atoms with E-state index < -0.39 is 5.79 Å². The molecule has 0 unspecified atom stereocenters. The Bertz CT molecular complexity index is 1590. The fourth-order valence-corrected chi connectivity index (χ4v) is 5.53. The van der Waals surface area contributed by atoms with Gasteiger partial charge in [0.05, 0.1) is 17.1 Å². The Labute approximate surface area is 256 Å². The van der Waals surface area contributed by atoms with Gasteiger partial charge in [0.25, 0.3) is 0 Å². The summed E-state index contributed by atoms with van der Waals surface area (Å²) in [6.07, 6.45) is 5.94. The Kier molecular flexibility index (Phi) is 7.84. The quantitative estimate of drug-likeness (QED) is 0.154. The van der Waals surface area contributed by atoms with Crippen LogP contribution in [0, 0.1) is 0 Å². The maximum Gasteiger partial charge on any atom is 0.245 e. The lowest BCUT2D eigenvalue weighted by atomic mass is 10.1. The Balaban J connectivity index is 1.46. The Morgan fingerprint density at radius 2 is 0.829 bits per heavy atom. The van der Waals surface area contributed by atoms with Gasteiger partial charge >= 0.3 is 0 Å². The molecular weight excluding hydrogens is 565 g/mol. The van der Waals surface area contributed by atoms with Crippen molar-refractivity contribution in [2.75, 3.05) is 0 Å². The number of aromatic nitrogens is 6. The zero-order valence-electron chi connectivity index (χ0n) is 22.5. The van der Waals surface area contributed by atoms with Crippen molar-refractivity contribution in [2.24, 2.45) is 0 Å². The van der Waals surface area contributed by atoms with Crippen LogP contribution in [-0.2, 0) is 23.0 Å². The molecule has 3 aromatic carbocycles. The molecule has 0 spiro atoms. The van der Waals surface area contributed by atoms with Crippen molar-refractivity contribution in [3.8, 4) is 33.8 Å². The van der Waals surface area contributed by atoms with Crippen molar-refractivity contribution >= 4 is 37.9 Å². The number of hydrogen-bond acceptors (Lipinski definition) is 6. The van der Waals surface area contributed by atoms with Gasteiger partial charge in [-0.3, -0.25) is 0 Å². The summed E-state index contributed by atoms with van der Waals surface area (Å²) in [7, 11) is 0. The van der Waals surface area contributed by atoms with Crippen LogP contribution in [0.5, 0.6) is 0 Å². The first-order valence-electron chi connectivity index (χ1n) is 13.3. The fourth-order valence-electron chi connectivity index (χ4n) is 4.94. The summed E-state index contributed by atoms with van der Waals surface area (Å²) >= 11 is 13.3. The average Bonchev–Trinajstić information content (AvgIpc) is 3.83. The van der Waals surface area contributed by atoms with Crippen molar-refractivity contribution in [3.05, 3.63) is 126 Å². The second kappa shape index (κ2) is 11.7. The first-order valence-corrected chi connectivity index (χ1v) is 15.2. The highest BCUT2D eigenvalue weighted by Gasteiger charge is 2.34. The summed E-state index contributed by atoms with van der Waals surface area (Å²) in [5.41, 5.74) is 9.12. The second-order valence-electron chi connectivity index (χ2n) is 9.98. The lowest BCUT2D eigenvalue weighted by Gasteiger charge is -2.31. The molecule has 6 aromatic rings. The maximum absolute atomic E-state index is 5.05. The van der Waals surface area contributed by atoms with Crippen LogP contribution in [0.3, 0.4) is 0 Å². The van der Waals surface area contributed by atoms with Gasteiger partial charge in [-0.05, 0) is 53.1 Å². The van der Waals surface area contributed by atoms with E-state index in [0.29, 0.717) is 17.3 Å². The van der Waals surface area contributed by atoms with Gasteiger partial charge in [0.1, 0.15) is 0 Å². The highest BCUT2D eigenvalue weighted by Crippen LogP contribution is 2.29. The van der Waals surface area contributed by atoms with Gasteiger partial charge in [-0.25, -0.2) is 14.0 Å². The van der Waals surface area contributed by atoms with Crippen LogP contribution in [0.4, 0.5) is 0 Å². The molecule has 0 aliphatic carbocycles. The average molecular weight is 595 g/mol.